The predicted molar refractivity (Wildman–Crippen MR) is 123 cm³/mol. The van der Waals surface area contributed by atoms with Gasteiger partial charge < -0.3 is 14.6 Å². The number of aromatic nitrogens is 1. The summed E-state index contributed by atoms with van der Waals surface area (Å²) in [7, 11) is -1.61. The highest BCUT2D eigenvalue weighted by Crippen LogP contribution is 2.24. The molecule has 1 aliphatic rings. The van der Waals surface area contributed by atoms with Gasteiger partial charge in [-0.1, -0.05) is 0 Å². The minimum atomic E-state index is -3.23. The van der Waals surface area contributed by atoms with Gasteiger partial charge in [-0.3, -0.25) is 4.79 Å². The van der Waals surface area contributed by atoms with Crippen LogP contribution < -0.4 is 10.1 Å². The molecule has 1 N–H and O–H groups in total. The number of rotatable bonds is 6. The SMILES string of the molecule is COc1ccc(-n2c(C)cc(/C=C(\C#N)C(=O)NC3CCN(S(C)(=O)=O)CC3)c2C)cc1. The molecule has 32 heavy (non-hydrogen) atoms. The number of methoxy groups -OCH3 is 1. The summed E-state index contributed by atoms with van der Waals surface area (Å²) in [4.78, 5) is 12.7. The van der Waals surface area contributed by atoms with Gasteiger partial charge in [0.25, 0.3) is 5.91 Å². The Labute approximate surface area is 189 Å². The Morgan fingerprint density at radius 2 is 1.84 bits per heavy atom. The summed E-state index contributed by atoms with van der Waals surface area (Å²) in [5.41, 5.74) is 3.66. The molecule has 3 rings (SSSR count). The number of benzene rings is 1. The molecule has 0 unspecified atom stereocenters. The fourth-order valence-electron chi connectivity index (χ4n) is 3.96. The van der Waals surface area contributed by atoms with Gasteiger partial charge in [0, 0.05) is 36.2 Å². The molecule has 2 aromatic rings. The van der Waals surface area contributed by atoms with E-state index >= 15 is 0 Å². The molecule has 1 aromatic heterocycles. The molecule has 0 spiro atoms. The van der Waals surface area contributed by atoms with E-state index in [2.05, 4.69) is 9.88 Å². The second-order valence-electron chi connectivity index (χ2n) is 7.94. The van der Waals surface area contributed by atoms with Crippen molar-refractivity contribution in [1.29, 1.82) is 5.26 Å². The van der Waals surface area contributed by atoms with Crippen LogP contribution in [0.4, 0.5) is 0 Å². The Balaban J connectivity index is 1.76. The number of nitriles is 1. The molecule has 1 fully saturated rings. The number of hydrogen-bond donors (Lipinski definition) is 1. The number of sulfonamides is 1. The highest BCUT2D eigenvalue weighted by atomic mass is 32.2. The standard InChI is InChI=1S/C23H28N4O4S/c1-16-13-18(17(2)27(16)21-5-7-22(31-3)8-6-21)14-19(15-24)23(28)25-20-9-11-26(12-10-20)32(4,29)30/h5-8,13-14,20H,9-12H2,1-4H3,(H,25,28)/b19-14+. The van der Waals surface area contributed by atoms with Gasteiger partial charge in [-0.15, -0.1) is 0 Å². The van der Waals surface area contributed by atoms with Crippen molar-refractivity contribution >= 4 is 22.0 Å². The van der Waals surface area contributed by atoms with Crippen LogP contribution in [0.5, 0.6) is 5.75 Å². The quantitative estimate of drug-likeness (QED) is 0.531. The fraction of sp³-hybridized carbons (Fsp3) is 0.391. The maximum atomic E-state index is 12.7. The van der Waals surface area contributed by atoms with Crippen LogP contribution in [0.25, 0.3) is 11.8 Å². The Kier molecular flexibility index (Phi) is 7.06. The van der Waals surface area contributed by atoms with E-state index in [1.54, 1.807) is 13.2 Å². The van der Waals surface area contributed by atoms with E-state index < -0.39 is 15.9 Å². The lowest BCUT2D eigenvalue weighted by Crippen LogP contribution is -2.46. The number of carbonyl (C=O) groups excluding carboxylic acids is 1. The van der Waals surface area contributed by atoms with E-state index in [0.717, 1.165) is 28.4 Å². The molecule has 0 atom stereocenters. The van der Waals surface area contributed by atoms with Crippen LogP contribution in [0.15, 0.2) is 35.9 Å². The van der Waals surface area contributed by atoms with Crippen molar-refractivity contribution in [2.45, 2.75) is 32.7 Å². The van der Waals surface area contributed by atoms with Crippen LogP contribution >= 0.6 is 0 Å². The first-order valence-corrected chi connectivity index (χ1v) is 12.2. The molecule has 1 aliphatic heterocycles. The lowest BCUT2D eigenvalue weighted by atomic mass is 10.1. The number of nitrogens with zero attached hydrogens (tertiary/aromatic N) is 3. The average Bonchev–Trinajstić information content (AvgIpc) is 3.04. The lowest BCUT2D eigenvalue weighted by Gasteiger charge is -2.30. The van der Waals surface area contributed by atoms with Gasteiger partial charge >= 0.3 is 0 Å². The Bertz CT molecular complexity index is 1170. The largest absolute Gasteiger partial charge is 0.497 e. The molecule has 0 aliphatic carbocycles. The van der Waals surface area contributed by atoms with Crippen LogP contribution in [0, 0.1) is 25.2 Å². The third-order valence-electron chi connectivity index (χ3n) is 5.72. The summed E-state index contributed by atoms with van der Waals surface area (Å²) in [6, 6.07) is 11.4. The number of amides is 1. The first kappa shape index (κ1) is 23.6. The zero-order chi connectivity index (χ0) is 23.5. The van der Waals surface area contributed by atoms with Crippen LogP contribution in [0.3, 0.4) is 0 Å². The summed E-state index contributed by atoms with van der Waals surface area (Å²) in [5.74, 6) is 0.321. The average molecular weight is 457 g/mol. The van der Waals surface area contributed by atoms with Crippen molar-refractivity contribution in [3.8, 4) is 17.5 Å². The zero-order valence-corrected chi connectivity index (χ0v) is 19.6. The summed E-state index contributed by atoms with van der Waals surface area (Å²) in [5, 5.41) is 12.5. The number of carbonyl (C=O) groups is 1. The molecule has 1 saturated heterocycles. The van der Waals surface area contributed by atoms with Gasteiger partial charge in [-0.05, 0) is 68.7 Å². The van der Waals surface area contributed by atoms with Crippen LogP contribution in [-0.2, 0) is 14.8 Å². The second kappa shape index (κ2) is 9.59. The minimum absolute atomic E-state index is 0.0190. The summed E-state index contributed by atoms with van der Waals surface area (Å²) in [6.45, 7) is 4.63. The first-order valence-electron chi connectivity index (χ1n) is 10.3. The zero-order valence-electron chi connectivity index (χ0n) is 18.8. The molecule has 0 radical (unpaired) electrons. The van der Waals surface area contributed by atoms with Gasteiger partial charge in [0.1, 0.15) is 17.4 Å². The van der Waals surface area contributed by atoms with Crippen LogP contribution in [0.1, 0.15) is 29.8 Å². The van der Waals surface area contributed by atoms with E-state index in [4.69, 9.17) is 4.74 Å². The number of ether oxygens (including phenoxy) is 1. The van der Waals surface area contributed by atoms with Crippen molar-refractivity contribution in [3.05, 3.63) is 52.9 Å². The number of aryl methyl sites for hydroxylation is 1. The van der Waals surface area contributed by atoms with Crippen molar-refractivity contribution in [2.24, 2.45) is 0 Å². The first-order chi connectivity index (χ1) is 15.1. The van der Waals surface area contributed by atoms with Gasteiger partial charge in [-0.25, -0.2) is 12.7 Å². The van der Waals surface area contributed by atoms with Gasteiger partial charge in [0.05, 0.1) is 13.4 Å². The Morgan fingerprint density at radius 3 is 2.38 bits per heavy atom. The van der Waals surface area contributed by atoms with E-state index in [0.29, 0.717) is 25.9 Å². The smallest absolute Gasteiger partial charge is 0.262 e. The third kappa shape index (κ3) is 5.21. The predicted octanol–water partition coefficient (Wildman–Crippen LogP) is 2.55. The number of piperidine rings is 1. The van der Waals surface area contributed by atoms with E-state index in [9.17, 15) is 18.5 Å². The highest BCUT2D eigenvalue weighted by molar-refractivity contribution is 7.88. The van der Waals surface area contributed by atoms with Gasteiger partial charge in [0.15, 0.2) is 0 Å². The molecule has 1 aromatic carbocycles. The molecular weight excluding hydrogens is 428 g/mol. The maximum absolute atomic E-state index is 12.7. The Morgan fingerprint density at radius 1 is 1.22 bits per heavy atom. The van der Waals surface area contributed by atoms with Gasteiger partial charge in [-0.2, -0.15) is 5.26 Å². The van der Waals surface area contributed by atoms with E-state index in [1.165, 1.54) is 10.6 Å². The Hall–Kier alpha value is -3.09. The number of hydrogen-bond acceptors (Lipinski definition) is 5. The molecule has 0 bridgehead atoms. The molecule has 2 heterocycles. The highest BCUT2D eigenvalue weighted by Gasteiger charge is 2.26. The lowest BCUT2D eigenvalue weighted by molar-refractivity contribution is -0.117. The molecular formula is C23H28N4O4S. The second-order valence-corrected chi connectivity index (χ2v) is 9.92. The maximum Gasteiger partial charge on any atom is 0.262 e. The molecule has 1 amide bonds. The molecule has 170 valence electrons. The number of nitrogens with one attached hydrogen (secondary N) is 1. The van der Waals surface area contributed by atoms with Crippen molar-refractivity contribution < 1.29 is 17.9 Å². The summed E-state index contributed by atoms with van der Waals surface area (Å²) in [6.07, 6.45) is 3.82. The normalized spacial score (nSPS) is 15.9. The summed E-state index contributed by atoms with van der Waals surface area (Å²) >= 11 is 0. The van der Waals surface area contributed by atoms with Gasteiger partial charge in [0.2, 0.25) is 10.0 Å². The molecule has 9 heteroatoms. The topological polar surface area (TPSA) is 104 Å². The van der Waals surface area contributed by atoms with E-state index in [-0.39, 0.29) is 11.6 Å². The fourth-order valence-corrected chi connectivity index (χ4v) is 4.84. The van der Waals surface area contributed by atoms with Crippen LogP contribution in [-0.4, -0.2) is 55.7 Å². The molecule has 8 nitrogen and oxygen atoms in total. The van der Waals surface area contributed by atoms with Crippen molar-refractivity contribution in [1.82, 2.24) is 14.2 Å². The van der Waals surface area contributed by atoms with Crippen LogP contribution in [0.2, 0.25) is 0 Å². The summed E-state index contributed by atoms with van der Waals surface area (Å²) < 4.78 is 32.0. The van der Waals surface area contributed by atoms with E-state index in [1.807, 2.05) is 50.2 Å². The van der Waals surface area contributed by atoms with Crippen molar-refractivity contribution in [3.63, 3.8) is 0 Å². The minimum Gasteiger partial charge on any atom is -0.497 e. The third-order valence-corrected chi connectivity index (χ3v) is 7.03. The van der Waals surface area contributed by atoms with Crippen molar-refractivity contribution in [2.75, 3.05) is 26.5 Å². The monoisotopic (exact) mass is 456 g/mol. The molecule has 0 saturated carbocycles.